The molecule has 2 aliphatic heterocycles. The maximum atomic E-state index is 11.7. The van der Waals surface area contributed by atoms with Gasteiger partial charge in [-0.3, -0.25) is 14.5 Å². The highest BCUT2D eigenvalue weighted by molar-refractivity contribution is 5.73. The van der Waals surface area contributed by atoms with Crippen LogP contribution in [0.2, 0.25) is 0 Å². The Bertz CT molecular complexity index is 565. The highest BCUT2D eigenvalue weighted by atomic mass is 16.4. The van der Waals surface area contributed by atoms with E-state index in [4.69, 9.17) is 0 Å². The van der Waals surface area contributed by atoms with E-state index in [9.17, 15) is 14.7 Å². The highest BCUT2D eigenvalue weighted by Crippen LogP contribution is 2.26. The first kappa shape index (κ1) is 14.1. The molecule has 1 aromatic heterocycles. The molecular weight excluding hydrogens is 272 g/mol. The lowest BCUT2D eigenvalue weighted by Crippen LogP contribution is -2.49. The van der Waals surface area contributed by atoms with Crippen LogP contribution < -0.4 is 10.5 Å². The van der Waals surface area contributed by atoms with Crippen molar-refractivity contribution in [3.8, 4) is 0 Å². The second-order valence-corrected chi connectivity index (χ2v) is 5.69. The van der Waals surface area contributed by atoms with Gasteiger partial charge in [-0.1, -0.05) is 0 Å². The predicted octanol–water partition coefficient (Wildman–Crippen LogP) is 0.288. The number of aromatic amines is 1. The van der Waals surface area contributed by atoms with Crippen LogP contribution in [0.3, 0.4) is 0 Å². The molecule has 1 atom stereocenters. The number of hydrogen-bond donors (Lipinski definition) is 2. The van der Waals surface area contributed by atoms with Gasteiger partial charge in [0.05, 0.1) is 0 Å². The van der Waals surface area contributed by atoms with Crippen molar-refractivity contribution >= 4 is 11.8 Å². The molecule has 114 valence electrons. The molecular formula is C14H20N4O3. The first-order valence-corrected chi connectivity index (χ1v) is 7.44. The Morgan fingerprint density at radius 1 is 1.29 bits per heavy atom. The summed E-state index contributed by atoms with van der Waals surface area (Å²) in [6.07, 6.45) is 6.57. The Kier molecular flexibility index (Phi) is 3.92. The van der Waals surface area contributed by atoms with E-state index in [-0.39, 0.29) is 11.6 Å². The van der Waals surface area contributed by atoms with E-state index in [1.807, 2.05) is 4.90 Å². The zero-order valence-corrected chi connectivity index (χ0v) is 11.9. The normalized spacial score (nSPS) is 24.4. The molecule has 2 N–H and O–H groups in total. The van der Waals surface area contributed by atoms with Gasteiger partial charge < -0.3 is 15.0 Å². The quantitative estimate of drug-likeness (QED) is 0.832. The number of carboxylic acids is 1. The largest absolute Gasteiger partial charge is 0.480 e. The zero-order valence-electron chi connectivity index (χ0n) is 11.9. The number of piperidine rings is 1. The molecule has 1 aromatic rings. The van der Waals surface area contributed by atoms with E-state index in [0.29, 0.717) is 11.9 Å². The number of nitrogens with one attached hydrogen (secondary N) is 1. The van der Waals surface area contributed by atoms with Gasteiger partial charge in [-0.05, 0) is 32.2 Å². The Hall–Kier alpha value is -1.89. The van der Waals surface area contributed by atoms with Gasteiger partial charge in [-0.15, -0.1) is 0 Å². The lowest BCUT2D eigenvalue weighted by molar-refractivity contribution is -0.143. The lowest BCUT2D eigenvalue weighted by Gasteiger charge is -2.38. The van der Waals surface area contributed by atoms with Crippen LogP contribution in [0.5, 0.6) is 0 Å². The average molecular weight is 292 g/mol. The number of anilines is 1. The fourth-order valence-electron chi connectivity index (χ4n) is 3.47. The summed E-state index contributed by atoms with van der Waals surface area (Å²) in [5.74, 6) is -0.247. The van der Waals surface area contributed by atoms with Crippen molar-refractivity contribution < 1.29 is 9.90 Å². The molecule has 3 rings (SSSR count). The number of carboxylic acid groups (broad SMARTS) is 1. The maximum absolute atomic E-state index is 11.7. The molecule has 0 aromatic carbocycles. The third kappa shape index (κ3) is 2.78. The summed E-state index contributed by atoms with van der Waals surface area (Å²) in [7, 11) is 0. The van der Waals surface area contributed by atoms with Gasteiger partial charge in [0, 0.05) is 31.5 Å². The predicted molar refractivity (Wildman–Crippen MR) is 77.5 cm³/mol. The second kappa shape index (κ2) is 5.85. The van der Waals surface area contributed by atoms with E-state index in [2.05, 4.69) is 14.9 Å². The summed E-state index contributed by atoms with van der Waals surface area (Å²) in [6, 6.07) is -0.0348. The van der Waals surface area contributed by atoms with Crippen molar-refractivity contribution in [2.75, 3.05) is 24.5 Å². The van der Waals surface area contributed by atoms with Crippen LogP contribution in [0.15, 0.2) is 17.2 Å². The minimum absolute atomic E-state index is 0.166. The fourth-order valence-corrected chi connectivity index (χ4v) is 3.47. The SMILES string of the molecule is O=C(O)C1CCCN1C1CCN(c2ncc[nH]c2=O)CC1. The van der Waals surface area contributed by atoms with Crippen molar-refractivity contribution in [2.24, 2.45) is 0 Å². The molecule has 7 heteroatoms. The Morgan fingerprint density at radius 2 is 2.05 bits per heavy atom. The summed E-state index contributed by atoms with van der Waals surface area (Å²) in [5, 5.41) is 9.27. The minimum atomic E-state index is -0.712. The second-order valence-electron chi connectivity index (χ2n) is 5.69. The van der Waals surface area contributed by atoms with Crippen LogP contribution in [0, 0.1) is 0 Å². The van der Waals surface area contributed by atoms with Gasteiger partial charge in [0.2, 0.25) is 0 Å². The number of hydrogen-bond acceptors (Lipinski definition) is 5. The molecule has 21 heavy (non-hydrogen) atoms. The first-order chi connectivity index (χ1) is 10.2. The third-order valence-electron chi connectivity index (χ3n) is 4.50. The summed E-state index contributed by atoms with van der Waals surface area (Å²) in [6.45, 7) is 2.35. The number of nitrogens with zero attached hydrogens (tertiary/aromatic N) is 3. The molecule has 0 spiro atoms. The number of aliphatic carboxylic acids is 1. The van der Waals surface area contributed by atoms with Gasteiger partial charge in [-0.2, -0.15) is 0 Å². The smallest absolute Gasteiger partial charge is 0.320 e. The molecule has 0 bridgehead atoms. The van der Waals surface area contributed by atoms with Crippen molar-refractivity contribution in [3.63, 3.8) is 0 Å². The average Bonchev–Trinajstić information content (AvgIpc) is 2.98. The molecule has 7 nitrogen and oxygen atoms in total. The fraction of sp³-hybridized carbons (Fsp3) is 0.643. The van der Waals surface area contributed by atoms with Crippen LogP contribution in [0.1, 0.15) is 25.7 Å². The summed E-state index contributed by atoms with van der Waals surface area (Å²) in [5.41, 5.74) is -0.166. The van der Waals surface area contributed by atoms with E-state index >= 15 is 0 Å². The Labute approximate surface area is 122 Å². The Morgan fingerprint density at radius 3 is 2.71 bits per heavy atom. The summed E-state index contributed by atoms with van der Waals surface area (Å²) >= 11 is 0. The van der Waals surface area contributed by atoms with Gasteiger partial charge in [0.1, 0.15) is 6.04 Å². The van der Waals surface area contributed by atoms with Crippen LogP contribution in [0.25, 0.3) is 0 Å². The van der Waals surface area contributed by atoms with Gasteiger partial charge in [-0.25, -0.2) is 4.98 Å². The van der Waals surface area contributed by atoms with Gasteiger partial charge in [0.25, 0.3) is 5.56 Å². The van der Waals surface area contributed by atoms with Gasteiger partial charge in [0.15, 0.2) is 5.82 Å². The number of H-pyrrole nitrogens is 1. The third-order valence-corrected chi connectivity index (χ3v) is 4.50. The van der Waals surface area contributed by atoms with Crippen molar-refractivity contribution in [1.29, 1.82) is 0 Å². The molecule has 0 aliphatic carbocycles. The number of carbonyl (C=O) groups is 1. The van der Waals surface area contributed by atoms with Gasteiger partial charge >= 0.3 is 5.97 Å². The topological polar surface area (TPSA) is 89.5 Å². The van der Waals surface area contributed by atoms with Crippen molar-refractivity contribution in [1.82, 2.24) is 14.9 Å². The molecule has 0 radical (unpaired) electrons. The van der Waals surface area contributed by atoms with Crippen molar-refractivity contribution in [3.05, 3.63) is 22.7 Å². The molecule has 0 amide bonds. The van der Waals surface area contributed by atoms with E-state index in [1.54, 1.807) is 6.20 Å². The summed E-state index contributed by atoms with van der Waals surface area (Å²) in [4.78, 5) is 33.9. The lowest BCUT2D eigenvalue weighted by atomic mass is 10.0. The maximum Gasteiger partial charge on any atom is 0.320 e. The van der Waals surface area contributed by atoms with Crippen molar-refractivity contribution in [2.45, 2.75) is 37.8 Å². The van der Waals surface area contributed by atoms with Crippen LogP contribution >= 0.6 is 0 Å². The highest BCUT2D eigenvalue weighted by Gasteiger charge is 2.36. The Balaban J connectivity index is 1.64. The van der Waals surface area contributed by atoms with E-state index < -0.39 is 5.97 Å². The molecule has 0 saturated carbocycles. The van der Waals surface area contributed by atoms with Crippen LogP contribution in [-0.2, 0) is 4.79 Å². The minimum Gasteiger partial charge on any atom is -0.480 e. The standard InChI is InChI=1S/C14H20N4O3/c19-13-12(15-5-6-16-13)17-8-3-10(4-9-17)18-7-1-2-11(18)14(20)21/h5-6,10-11H,1-4,7-9H2,(H,16,19)(H,20,21). The van der Waals surface area contributed by atoms with E-state index in [0.717, 1.165) is 45.3 Å². The first-order valence-electron chi connectivity index (χ1n) is 7.44. The molecule has 3 heterocycles. The molecule has 2 saturated heterocycles. The van der Waals surface area contributed by atoms with Crippen LogP contribution in [-0.4, -0.2) is 57.7 Å². The molecule has 2 fully saturated rings. The number of aromatic nitrogens is 2. The number of likely N-dealkylation sites (tertiary alicyclic amines) is 1. The van der Waals surface area contributed by atoms with Crippen LogP contribution in [0.4, 0.5) is 5.82 Å². The molecule has 2 aliphatic rings. The number of rotatable bonds is 3. The molecule has 1 unspecified atom stereocenters. The van der Waals surface area contributed by atoms with E-state index in [1.165, 1.54) is 6.20 Å². The monoisotopic (exact) mass is 292 g/mol. The summed E-state index contributed by atoms with van der Waals surface area (Å²) < 4.78 is 0. The zero-order chi connectivity index (χ0) is 14.8.